The Balaban J connectivity index is 1.90. The normalized spacial score (nSPS) is 10.6. The minimum atomic E-state index is -0.525. The number of rotatable bonds is 6. The van der Waals surface area contributed by atoms with E-state index in [9.17, 15) is 13.6 Å². The summed E-state index contributed by atoms with van der Waals surface area (Å²) in [4.78, 5) is 12.6. The van der Waals surface area contributed by atoms with Crippen molar-refractivity contribution in [3.05, 3.63) is 72.1 Å². The number of halogens is 2. The van der Waals surface area contributed by atoms with E-state index in [1.54, 1.807) is 24.4 Å². The molecule has 7 heteroatoms. The molecule has 0 saturated carbocycles. The summed E-state index contributed by atoms with van der Waals surface area (Å²) in [5.74, 6) is -1.05. The Morgan fingerprint density at radius 3 is 2.62 bits per heavy atom. The van der Waals surface area contributed by atoms with Gasteiger partial charge in [-0.1, -0.05) is 13.0 Å². The molecule has 134 valence electrons. The van der Waals surface area contributed by atoms with Gasteiger partial charge in [0.05, 0.1) is 18.5 Å². The first-order valence-corrected chi connectivity index (χ1v) is 8.12. The van der Waals surface area contributed by atoms with Gasteiger partial charge >= 0.3 is 0 Å². The van der Waals surface area contributed by atoms with E-state index in [1.165, 1.54) is 35.0 Å². The van der Waals surface area contributed by atoms with Crippen LogP contribution in [-0.2, 0) is 0 Å². The van der Waals surface area contributed by atoms with Crippen molar-refractivity contribution in [1.29, 1.82) is 0 Å². The SMILES string of the molecule is CCCOc1cn(-c2ccc(F)cc2)nc1C(=O)Nc1cccc(F)c1. The summed E-state index contributed by atoms with van der Waals surface area (Å²) >= 11 is 0. The number of anilines is 1. The Labute approximate surface area is 149 Å². The lowest BCUT2D eigenvalue weighted by Crippen LogP contribution is -2.14. The Kier molecular flexibility index (Phi) is 5.26. The summed E-state index contributed by atoms with van der Waals surface area (Å²) in [7, 11) is 0. The van der Waals surface area contributed by atoms with Gasteiger partial charge in [0.2, 0.25) is 0 Å². The molecule has 0 bridgehead atoms. The summed E-state index contributed by atoms with van der Waals surface area (Å²) in [5.41, 5.74) is 0.956. The van der Waals surface area contributed by atoms with E-state index in [1.807, 2.05) is 6.92 Å². The predicted molar refractivity (Wildman–Crippen MR) is 93.7 cm³/mol. The molecule has 2 aromatic carbocycles. The van der Waals surface area contributed by atoms with E-state index in [2.05, 4.69) is 10.4 Å². The first kappa shape index (κ1) is 17.6. The first-order chi connectivity index (χ1) is 12.6. The van der Waals surface area contributed by atoms with Crippen molar-refractivity contribution < 1.29 is 18.3 Å². The van der Waals surface area contributed by atoms with Crippen LogP contribution in [0.15, 0.2) is 54.7 Å². The number of nitrogens with one attached hydrogen (secondary N) is 1. The van der Waals surface area contributed by atoms with E-state index in [0.717, 1.165) is 6.42 Å². The Morgan fingerprint density at radius 1 is 1.15 bits per heavy atom. The number of hydrogen-bond donors (Lipinski definition) is 1. The standard InChI is InChI=1S/C19H17F2N3O2/c1-2-10-26-17-12-24(16-8-6-13(20)7-9-16)23-18(17)19(25)22-15-5-3-4-14(21)11-15/h3-9,11-12H,2,10H2,1H3,(H,22,25). The van der Waals surface area contributed by atoms with E-state index >= 15 is 0 Å². The minimum absolute atomic E-state index is 0.0621. The van der Waals surface area contributed by atoms with Crippen LogP contribution in [0.1, 0.15) is 23.8 Å². The summed E-state index contributed by atoms with van der Waals surface area (Å²) in [5, 5.41) is 6.84. The third kappa shape index (κ3) is 4.05. The second kappa shape index (κ2) is 7.77. The molecule has 1 heterocycles. The van der Waals surface area contributed by atoms with Crippen LogP contribution in [0.3, 0.4) is 0 Å². The van der Waals surface area contributed by atoms with Gasteiger partial charge in [-0.2, -0.15) is 5.10 Å². The number of aromatic nitrogens is 2. The molecule has 0 aliphatic rings. The van der Waals surface area contributed by atoms with E-state index in [-0.39, 0.29) is 11.5 Å². The maximum Gasteiger partial charge on any atom is 0.280 e. The average Bonchev–Trinajstić information content (AvgIpc) is 3.05. The second-order valence-electron chi connectivity index (χ2n) is 5.58. The number of carbonyl (C=O) groups excluding carboxylic acids is 1. The van der Waals surface area contributed by atoms with Crippen molar-refractivity contribution >= 4 is 11.6 Å². The summed E-state index contributed by atoms with van der Waals surface area (Å²) < 4.78 is 33.4. The number of benzene rings is 2. The number of ether oxygens (including phenoxy) is 1. The highest BCUT2D eigenvalue weighted by Gasteiger charge is 2.19. The summed E-state index contributed by atoms with van der Waals surface area (Å²) in [6, 6.07) is 11.3. The van der Waals surface area contributed by atoms with Crippen LogP contribution < -0.4 is 10.1 Å². The molecule has 0 aliphatic heterocycles. The Morgan fingerprint density at radius 2 is 1.92 bits per heavy atom. The molecule has 0 unspecified atom stereocenters. The first-order valence-electron chi connectivity index (χ1n) is 8.12. The van der Waals surface area contributed by atoms with Crippen LogP contribution in [0.2, 0.25) is 0 Å². The molecule has 0 saturated heterocycles. The highest BCUT2D eigenvalue weighted by atomic mass is 19.1. The maximum atomic E-state index is 13.3. The highest BCUT2D eigenvalue weighted by molar-refractivity contribution is 6.04. The monoisotopic (exact) mass is 357 g/mol. The molecular formula is C19H17F2N3O2. The van der Waals surface area contributed by atoms with Crippen molar-refractivity contribution in [1.82, 2.24) is 9.78 Å². The van der Waals surface area contributed by atoms with Crippen molar-refractivity contribution in [2.24, 2.45) is 0 Å². The van der Waals surface area contributed by atoms with Crippen LogP contribution in [-0.4, -0.2) is 22.3 Å². The predicted octanol–water partition coefficient (Wildman–Crippen LogP) is 4.19. The lowest BCUT2D eigenvalue weighted by molar-refractivity contribution is 0.101. The van der Waals surface area contributed by atoms with Gasteiger partial charge in [-0.25, -0.2) is 13.5 Å². The van der Waals surface area contributed by atoms with Crippen LogP contribution in [0.4, 0.5) is 14.5 Å². The summed E-state index contributed by atoms with van der Waals surface area (Å²) in [6.45, 7) is 2.35. The largest absolute Gasteiger partial charge is 0.489 e. The molecule has 3 rings (SSSR count). The van der Waals surface area contributed by atoms with Gasteiger partial charge in [-0.15, -0.1) is 0 Å². The van der Waals surface area contributed by atoms with Gasteiger partial charge in [-0.05, 0) is 48.9 Å². The van der Waals surface area contributed by atoms with Crippen LogP contribution in [0, 0.1) is 11.6 Å². The molecule has 0 radical (unpaired) electrons. The number of carbonyl (C=O) groups is 1. The summed E-state index contributed by atoms with van der Waals surface area (Å²) in [6.07, 6.45) is 2.32. The molecule has 5 nitrogen and oxygen atoms in total. The highest BCUT2D eigenvalue weighted by Crippen LogP contribution is 2.22. The van der Waals surface area contributed by atoms with Gasteiger partial charge < -0.3 is 10.1 Å². The van der Waals surface area contributed by atoms with Crippen LogP contribution in [0.25, 0.3) is 5.69 Å². The lowest BCUT2D eigenvalue weighted by Gasteiger charge is -2.06. The zero-order chi connectivity index (χ0) is 18.5. The number of amides is 1. The van der Waals surface area contributed by atoms with E-state index in [0.29, 0.717) is 23.7 Å². The quantitative estimate of drug-likeness (QED) is 0.720. The van der Waals surface area contributed by atoms with E-state index < -0.39 is 11.7 Å². The van der Waals surface area contributed by atoms with Gasteiger partial charge in [0.1, 0.15) is 11.6 Å². The van der Waals surface area contributed by atoms with Crippen molar-refractivity contribution in [3.8, 4) is 11.4 Å². The fraction of sp³-hybridized carbons (Fsp3) is 0.158. The number of nitrogens with zero attached hydrogens (tertiary/aromatic N) is 2. The second-order valence-corrected chi connectivity index (χ2v) is 5.58. The zero-order valence-corrected chi connectivity index (χ0v) is 14.1. The van der Waals surface area contributed by atoms with Gasteiger partial charge in [-0.3, -0.25) is 4.79 Å². The van der Waals surface area contributed by atoms with Crippen LogP contribution >= 0.6 is 0 Å². The average molecular weight is 357 g/mol. The minimum Gasteiger partial charge on any atom is -0.489 e. The van der Waals surface area contributed by atoms with Gasteiger partial charge in [0.15, 0.2) is 11.4 Å². The molecule has 3 aromatic rings. The fourth-order valence-corrected chi connectivity index (χ4v) is 2.32. The molecule has 1 aromatic heterocycles. The third-order valence-electron chi connectivity index (χ3n) is 3.53. The molecule has 1 amide bonds. The molecule has 0 atom stereocenters. The van der Waals surface area contributed by atoms with Crippen molar-refractivity contribution in [2.45, 2.75) is 13.3 Å². The van der Waals surface area contributed by atoms with Gasteiger partial charge in [0, 0.05) is 5.69 Å². The smallest absolute Gasteiger partial charge is 0.280 e. The Bertz CT molecular complexity index is 907. The molecule has 0 fully saturated rings. The molecule has 1 N–H and O–H groups in total. The topological polar surface area (TPSA) is 56.2 Å². The fourth-order valence-electron chi connectivity index (χ4n) is 2.32. The molecule has 26 heavy (non-hydrogen) atoms. The van der Waals surface area contributed by atoms with E-state index in [4.69, 9.17) is 4.74 Å². The molecular weight excluding hydrogens is 340 g/mol. The third-order valence-corrected chi connectivity index (χ3v) is 3.53. The Hall–Kier alpha value is -3.22. The van der Waals surface area contributed by atoms with Gasteiger partial charge in [0.25, 0.3) is 5.91 Å². The van der Waals surface area contributed by atoms with Crippen molar-refractivity contribution in [2.75, 3.05) is 11.9 Å². The molecule has 0 spiro atoms. The van der Waals surface area contributed by atoms with Crippen LogP contribution in [0.5, 0.6) is 5.75 Å². The maximum absolute atomic E-state index is 13.3. The number of hydrogen-bond acceptors (Lipinski definition) is 3. The van der Waals surface area contributed by atoms with Crippen molar-refractivity contribution in [3.63, 3.8) is 0 Å². The lowest BCUT2D eigenvalue weighted by atomic mass is 10.3. The molecule has 0 aliphatic carbocycles. The zero-order valence-electron chi connectivity index (χ0n) is 14.1.